The quantitative estimate of drug-likeness (QED) is 0.719. The number of benzene rings is 1. The van der Waals surface area contributed by atoms with Gasteiger partial charge in [0.05, 0.1) is 12.3 Å². The molecule has 0 atom stereocenters. The Morgan fingerprint density at radius 1 is 1.50 bits per heavy atom. The molecule has 0 bridgehead atoms. The van der Waals surface area contributed by atoms with Gasteiger partial charge in [0.1, 0.15) is 5.82 Å². The van der Waals surface area contributed by atoms with Crippen LogP contribution in [-0.2, 0) is 0 Å². The molecule has 0 fully saturated rings. The minimum atomic E-state index is -0.283. The summed E-state index contributed by atoms with van der Waals surface area (Å²) >= 11 is 0. The van der Waals surface area contributed by atoms with E-state index in [1.807, 2.05) is 6.92 Å². The van der Waals surface area contributed by atoms with Gasteiger partial charge in [-0.1, -0.05) is 6.07 Å². The summed E-state index contributed by atoms with van der Waals surface area (Å²) in [6.07, 6.45) is 0. The van der Waals surface area contributed by atoms with E-state index in [9.17, 15) is 4.39 Å². The number of halogens is 1. The highest BCUT2D eigenvalue weighted by atomic mass is 19.1. The Labute approximate surface area is 71.0 Å². The summed E-state index contributed by atoms with van der Waals surface area (Å²) in [5, 5.41) is 11.3. The van der Waals surface area contributed by atoms with E-state index in [-0.39, 0.29) is 12.4 Å². The highest BCUT2D eigenvalue weighted by Crippen LogP contribution is 2.14. The van der Waals surface area contributed by atoms with Crippen LogP contribution in [0, 0.1) is 12.7 Å². The fraction of sp³-hybridized carbons (Fsp3) is 0.333. The van der Waals surface area contributed by atoms with Crippen molar-refractivity contribution in [3.05, 3.63) is 29.6 Å². The highest BCUT2D eigenvalue weighted by Gasteiger charge is 1.99. The average molecular weight is 169 g/mol. The molecule has 0 aliphatic carbocycles. The lowest BCUT2D eigenvalue weighted by Gasteiger charge is -2.05. The van der Waals surface area contributed by atoms with Crippen LogP contribution in [0.5, 0.6) is 0 Å². The van der Waals surface area contributed by atoms with Crippen LogP contribution in [0.1, 0.15) is 5.56 Å². The van der Waals surface area contributed by atoms with Crippen LogP contribution in [-0.4, -0.2) is 18.3 Å². The van der Waals surface area contributed by atoms with Gasteiger partial charge in [-0.15, -0.1) is 0 Å². The molecular weight excluding hydrogens is 157 g/mol. The minimum Gasteiger partial charge on any atom is -0.395 e. The average Bonchev–Trinajstić information content (AvgIpc) is 2.07. The van der Waals surface area contributed by atoms with Crippen molar-refractivity contribution in [3.63, 3.8) is 0 Å². The number of hydrogen-bond acceptors (Lipinski definition) is 2. The van der Waals surface area contributed by atoms with Crippen molar-refractivity contribution in [2.45, 2.75) is 6.92 Å². The molecule has 0 saturated heterocycles. The third-order valence-electron chi connectivity index (χ3n) is 1.55. The summed E-state index contributed by atoms with van der Waals surface area (Å²) in [5.74, 6) is -0.283. The molecule has 0 aliphatic rings. The summed E-state index contributed by atoms with van der Waals surface area (Å²) < 4.78 is 12.9. The molecular formula is C9H12FNO. The lowest BCUT2D eigenvalue weighted by molar-refractivity contribution is 0.311. The molecule has 0 unspecified atom stereocenters. The molecule has 1 rings (SSSR count). The van der Waals surface area contributed by atoms with Gasteiger partial charge in [-0.2, -0.15) is 0 Å². The molecule has 0 spiro atoms. The Hall–Kier alpha value is -1.09. The minimum absolute atomic E-state index is 0.00732. The maximum absolute atomic E-state index is 12.9. The number of aryl methyl sites for hydroxylation is 1. The first kappa shape index (κ1) is 9.00. The van der Waals surface area contributed by atoms with Crippen molar-refractivity contribution in [1.82, 2.24) is 0 Å². The van der Waals surface area contributed by atoms with E-state index < -0.39 is 0 Å². The fourth-order valence-electron chi connectivity index (χ4n) is 0.965. The summed E-state index contributed by atoms with van der Waals surface area (Å²) in [7, 11) is 0. The van der Waals surface area contributed by atoms with Crippen LogP contribution in [0.4, 0.5) is 10.1 Å². The second-order valence-corrected chi connectivity index (χ2v) is 2.63. The normalized spacial score (nSPS) is 9.92. The maximum Gasteiger partial charge on any atom is 0.146 e. The molecule has 3 heteroatoms. The number of anilines is 1. The van der Waals surface area contributed by atoms with Gasteiger partial charge >= 0.3 is 0 Å². The van der Waals surface area contributed by atoms with Crippen molar-refractivity contribution in [3.8, 4) is 0 Å². The molecule has 0 aromatic heterocycles. The number of hydrogen-bond donors (Lipinski definition) is 2. The van der Waals surface area contributed by atoms with E-state index >= 15 is 0 Å². The van der Waals surface area contributed by atoms with Crippen LogP contribution in [0.15, 0.2) is 18.2 Å². The lowest BCUT2D eigenvalue weighted by atomic mass is 10.2. The predicted octanol–water partition coefficient (Wildman–Crippen LogP) is 1.54. The SMILES string of the molecule is Cc1ccc(F)c(NCCO)c1. The third-order valence-corrected chi connectivity index (χ3v) is 1.55. The van der Waals surface area contributed by atoms with Gasteiger partial charge in [0.2, 0.25) is 0 Å². The van der Waals surface area contributed by atoms with Crippen molar-refractivity contribution >= 4 is 5.69 Å². The van der Waals surface area contributed by atoms with Gasteiger partial charge in [-0.05, 0) is 24.6 Å². The lowest BCUT2D eigenvalue weighted by Crippen LogP contribution is -2.06. The molecule has 0 aliphatic heterocycles. The highest BCUT2D eigenvalue weighted by molar-refractivity contribution is 5.46. The molecule has 0 heterocycles. The molecule has 1 aromatic rings. The Balaban J connectivity index is 2.75. The van der Waals surface area contributed by atoms with Crippen LogP contribution in [0.3, 0.4) is 0 Å². The second kappa shape index (κ2) is 4.07. The van der Waals surface area contributed by atoms with Crippen LogP contribution in [0.25, 0.3) is 0 Å². The van der Waals surface area contributed by atoms with Gasteiger partial charge in [0.15, 0.2) is 0 Å². The van der Waals surface area contributed by atoms with Crippen LogP contribution in [0.2, 0.25) is 0 Å². The van der Waals surface area contributed by atoms with E-state index in [4.69, 9.17) is 5.11 Å². The van der Waals surface area contributed by atoms with Gasteiger partial charge in [-0.3, -0.25) is 0 Å². The molecule has 1 aromatic carbocycles. The standard InChI is InChI=1S/C9H12FNO/c1-7-2-3-8(10)9(6-7)11-4-5-12/h2-3,6,11-12H,4-5H2,1H3. The van der Waals surface area contributed by atoms with E-state index in [1.54, 1.807) is 12.1 Å². The zero-order valence-corrected chi connectivity index (χ0v) is 6.97. The van der Waals surface area contributed by atoms with Gasteiger partial charge in [-0.25, -0.2) is 4.39 Å². The number of rotatable bonds is 3. The molecule has 0 amide bonds. The van der Waals surface area contributed by atoms with Crippen molar-refractivity contribution < 1.29 is 9.50 Å². The van der Waals surface area contributed by atoms with Crippen molar-refractivity contribution in [2.24, 2.45) is 0 Å². The number of nitrogens with one attached hydrogen (secondary N) is 1. The summed E-state index contributed by atoms with van der Waals surface area (Å²) in [5.41, 5.74) is 1.45. The van der Waals surface area contributed by atoms with Crippen molar-refractivity contribution in [1.29, 1.82) is 0 Å². The monoisotopic (exact) mass is 169 g/mol. The largest absolute Gasteiger partial charge is 0.395 e. The molecule has 2 N–H and O–H groups in total. The molecule has 2 nitrogen and oxygen atoms in total. The molecule has 0 saturated carbocycles. The first-order valence-corrected chi connectivity index (χ1v) is 3.85. The third kappa shape index (κ3) is 2.20. The zero-order valence-electron chi connectivity index (χ0n) is 6.97. The maximum atomic E-state index is 12.9. The fourth-order valence-corrected chi connectivity index (χ4v) is 0.965. The smallest absolute Gasteiger partial charge is 0.146 e. The van der Waals surface area contributed by atoms with E-state index in [0.717, 1.165) is 5.56 Å². The van der Waals surface area contributed by atoms with E-state index in [0.29, 0.717) is 12.2 Å². The Morgan fingerprint density at radius 3 is 2.92 bits per heavy atom. The van der Waals surface area contributed by atoms with Gasteiger partial charge in [0.25, 0.3) is 0 Å². The molecule has 0 radical (unpaired) electrons. The summed E-state index contributed by atoms with van der Waals surface area (Å²) in [6, 6.07) is 4.83. The first-order valence-electron chi connectivity index (χ1n) is 3.85. The van der Waals surface area contributed by atoms with Crippen LogP contribution < -0.4 is 5.32 Å². The summed E-state index contributed by atoms with van der Waals surface area (Å²) in [4.78, 5) is 0. The zero-order chi connectivity index (χ0) is 8.97. The Kier molecular flexibility index (Phi) is 3.05. The number of aliphatic hydroxyl groups is 1. The van der Waals surface area contributed by atoms with E-state index in [2.05, 4.69) is 5.32 Å². The second-order valence-electron chi connectivity index (χ2n) is 2.63. The first-order chi connectivity index (χ1) is 5.74. The number of aliphatic hydroxyl groups excluding tert-OH is 1. The molecule has 66 valence electrons. The van der Waals surface area contributed by atoms with Gasteiger partial charge in [0, 0.05) is 6.54 Å². The Bertz CT molecular complexity index is 263. The Morgan fingerprint density at radius 2 is 2.25 bits per heavy atom. The topological polar surface area (TPSA) is 32.3 Å². The van der Waals surface area contributed by atoms with E-state index in [1.165, 1.54) is 6.07 Å². The molecule has 12 heavy (non-hydrogen) atoms. The van der Waals surface area contributed by atoms with Crippen molar-refractivity contribution in [2.75, 3.05) is 18.5 Å². The van der Waals surface area contributed by atoms with Gasteiger partial charge < -0.3 is 10.4 Å². The predicted molar refractivity (Wildman–Crippen MR) is 46.7 cm³/mol. The summed E-state index contributed by atoms with van der Waals surface area (Å²) in [6.45, 7) is 2.28. The van der Waals surface area contributed by atoms with Crippen LogP contribution >= 0.6 is 0 Å².